The number of benzene rings is 1. The van der Waals surface area contributed by atoms with Crippen LogP contribution in [0.3, 0.4) is 0 Å². The van der Waals surface area contributed by atoms with Gasteiger partial charge < -0.3 is 5.32 Å². The predicted octanol–water partition coefficient (Wildman–Crippen LogP) is 2.93. The van der Waals surface area contributed by atoms with E-state index in [0.717, 1.165) is 25.8 Å². The van der Waals surface area contributed by atoms with E-state index in [-0.39, 0.29) is 6.04 Å². The third-order valence-corrected chi connectivity index (χ3v) is 2.68. The molecule has 0 saturated carbocycles. The van der Waals surface area contributed by atoms with E-state index in [1.807, 2.05) is 0 Å². The molecule has 1 nitrogen and oxygen atoms in total. The van der Waals surface area contributed by atoms with Crippen molar-refractivity contribution in [2.45, 2.75) is 39.2 Å². The summed E-state index contributed by atoms with van der Waals surface area (Å²) in [5.74, 6) is 2.81. The van der Waals surface area contributed by atoms with Gasteiger partial charge in [0.25, 0.3) is 0 Å². The fraction of sp³-hybridized carbons (Fsp3) is 0.467. The van der Waals surface area contributed by atoms with Crippen LogP contribution in [-0.4, -0.2) is 12.6 Å². The monoisotopic (exact) mass is 215 g/mol. The SMILES string of the molecule is C#CC(CCc1ccc(C)cc1)NCCC. The van der Waals surface area contributed by atoms with E-state index in [1.165, 1.54) is 11.1 Å². The maximum atomic E-state index is 5.49. The Bertz CT molecular complexity index is 331. The zero-order valence-electron chi connectivity index (χ0n) is 10.3. The molecule has 1 unspecified atom stereocenters. The van der Waals surface area contributed by atoms with Crippen LogP contribution in [0.5, 0.6) is 0 Å². The normalized spacial score (nSPS) is 12.1. The summed E-state index contributed by atoms with van der Waals surface area (Å²) in [4.78, 5) is 0. The van der Waals surface area contributed by atoms with Crippen LogP contribution in [0.1, 0.15) is 30.9 Å². The lowest BCUT2D eigenvalue weighted by Crippen LogP contribution is -2.28. The van der Waals surface area contributed by atoms with Crippen LogP contribution in [0, 0.1) is 19.3 Å². The van der Waals surface area contributed by atoms with Crippen LogP contribution >= 0.6 is 0 Å². The minimum absolute atomic E-state index is 0.209. The summed E-state index contributed by atoms with van der Waals surface area (Å²) >= 11 is 0. The second-order valence-corrected chi connectivity index (χ2v) is 4.20. The molecule has 1 heteroatoms. The average Bonchev–Trinajstić information content (AvgIpc) is 2.32. The largest absolute Gasteiger partial charge is 0.304 e. The van der Waals surface area contributed by atoms with Crippen LogP contribution in [0.15, 0.2) is 24.3 Å². The molecule has 0 fully saturated rings. The van der Waals surface area contributed by atoms with E-state index in [9.17, 15) is 0 Å². The summed E-state index contributed by atoms with van der Waals surface area (Å²) in [5.41, 5.74) is 2.67. The van der Waals surface area contributed by atoms with Gasteiger partial charge >= 0.3 is 0 Å². The molecule has 0 saturated heterocycles. The van der Waals surface area contributed by atoms with Gasteiger partial charge in [-0.2, -0.15) is 0 Å². The van der Waals surface area contributed by atoms with Crippen molar-refractivity contribution >= 4 is 0 Å². The molecular formula is C15H21N. The van der Waals surface area contributed by atoms with Gasteiger partial charge in [-0.05, 0) is 38.3 Å². The quantitative estimate of drug-likeness (QED) is 0.719. The third-order valence-electron chi connectivity index (χ3n) is 2.68. The Labute approximate surface area is 99.3 Å². The molecule has 16 heavy (non-hydrogen) atoms. The molecule has 0 aliphatic heterocycles. The Kier molecular flexibility index (Phi) is 5.67. The minimum Gasteiger partial charge on any atom is -0.304 e. The molecule has 1 atom stereocenters. The topological polar surface area (TPSA) is 12.0 Å². The van der Waals surface area contributed by atoms with Gasteiger partial charge in [0.1, 0.15) is 0 Å². The number of hydrogen-bond acceptors (Lipinski definition) is 1. The Morgan fingerprint density at radius 2 is 2.00 bits per heavy atom. The lowest BCUT2D eigenvalue weighted by Gasteiger charge is -2.12. The molecule has 1 N–H and O–H groups in total. The number of aryl methyl sites for hydroxylation is 2. The highest BCUT2D eigenvalue weighted by atomic mass is 14.9. The zero-order valence-corrected chi connectivity index (χ0v) is 10.3. The molecular weight excluding hydrogens is 194 g/mol. The van der Waals surface area contributed by atoms with Gasteiger partial charge in [0.05, 0.1) is 6.04 Å². The van der Waals surface area contributed by atoms with E-state index in [4.69, 9.17) is 6.42 Å². The molecule has 1 rings (SSSR count). The zero-order chi connectivity index (χ0) is 11.8. The fourth-order valence-electron chi connectivity index (χ4n) is 1.63. The predicted molar refractivity (Wildman–Crippen MR) is 70.4 cm³/mol. The highest BCUT2D eigenvalue weighted by Crippen LogP contribution is 2.07. The Morgan fingerprint density at radius 1 is 1.31 bits per heavy atom. The third kappa shape index (κ3) is 4.51. The van der Waals surface area contributed by atoms with Crippen molar-refractivity contribution in [3.63, 3.8) is 0 Å². The van der Waals surface area contributed by atoms with Crippen molar-refractivity contribution < 1.29 is 0 Å². The smallest absolute Gasteiger partial charge is 0.0690 e. The van der Waals surface area contributed by atoms with Crippen LogP contribution in [0.2, 0.25) is 0 Å². The van der Waals surface area contributed by atoms with Gasteiger partial charge in [0.2, 0.25) is 0 Å². The first kappa shape index (κ1) is 12.8. The number of rotatable bonds is 6. The number of hydrogen-bond donors (Lipinski definition) is 1. The van der Waals surface area contributed by atoms with E-state index >= 15 is 0 Å². The lowest BCUT2D eigenvalue weighted by atomic mass is 10.0. The maximum Gasteiger partial charge on any atom is 0.0690 e. The van der Waals surface area contributed by atoms with Crippen LogP contribution in [0.4, 0.5) is 0 Å². The van der Waals surface area contributed by atoms with Gasteiger partial charge in [0.15, 0.2) is 0 Å². The molecule has 86 valence electrons. The summed E-state index contributed by atoms with van der Waals surface area (Å²) in [6, 6.07) is 8.88. The van der Waals surface area contributed by atoms with E-state index in [2.05, 4.69) is 49.4 Å². The summed E-state index contributed by atoms with van der Waals surface area (Å²) in [7, 11) is 0. The molecule has 0 radical (unpaired) electrons. The molecule has 0 amide bonds. The molecule has 1 aromatic carbocycles. The van der Waals surface area contributed by atoms with Gasteiger partial charge in [-0.3, -0.25) is 0 Å². The average molecular weight is 215 g/mol. The van der Waals surface area contributed by atoms with Crippen molar-refractivity contribution in [1.82, 2.24) is 5.32 Å². The molecule has 0 aliphatic carbocycles. The standard InChI is InChI=1S/C15H21N/c1-4-12-16-15(5-2)11-10-14-8-6-13(3)7-9-14/h2,6-9,15-16H,4,10-12H2,1,3H3. The summed E-state index contributed by atoms with van der Waals surface area (Å²) in [6.07, 6.45) is 8.68. The summed E-state index contributed by atoms with van der Waals surface area (Å²) in [6.45, 7) is 5.26. The first-order valence-corrected chi connectivity index (χ1v) is 6.01. The molecule has 1 aromatic rings. The van der Waals surface area contributed by atoms with Gasteiger partial charge in [-0.15, -0.1) is 6.42 Å². The second kappa shape index (κ2) is 7.09. The molecule has 0 aromatic heterocycles. The van der Waals surface area contributed by atoms with Crippen LogP contribution in [0.25, 0.3) is 0 Å². The van der Waals surface area contributed by atoms with Gasteiger partial charge in [0, 0.05) is 0 Å². The lowest BCUT2D eigenvalue weighted by molar-refractivity contribution is 0.566. The highest BCUT2D eigenvalue weighted by molar-refractivity contribution is 5.21. The number of terminal acetylenes is 1. The first-order chi connectivity index (χ1) is 7.76. The van der Waals surface area contributed by atoms with Gasteiger partial charge in [-0.1, -0.05) is 42.7 Å². The van der Waals surface area contributed by atoms with Crippen molar-refractivity contribution in [2.24, 2.45) is 0 Å². The Hall–Kier alpha value is -1.26. The van der Waals surface area contributed by atoms with E-state index < -0.39 is 0 Å². The van der Waals surface area contributed by atoms with Crippen LogP contribution in [-0.2, 0) is 6.42 Å². The van der Waals surface area contributed by atoms with Crippen molar-refractivity contribution in [1.29, 1.82) is 0 Å². The van der Waals surface area contributed by atoms with Crippen molar-refractivity contribution in [2.75, 3.05) is 6.54 Å². The molecule has 0 spiro atoms. The van der Waals surface area contributed by atoms with Crippen LogP contribution < -0.4 is 5.32 Å². The highest BCUT2D eigenvalue weighted by Gasteiger charge is 2.03. The summed E-state index contributed by atoms with van der Waals surface area (Å²) in [5, 5.41) is 3.36. The van der Waals surface area contributed by atoms with Gasteiger partial charge in [-0.25, -0.2) is 0 Å². The van der Waals surface area contributed by atoms with E-state index in [0.29, 0.717) is 0 Å². The Morgan fingerprint density at radius 3 is 2.56 bits per heavy atom. The van der Waals surface area contributed by atoms with E-state index in [1.54, 1.807) is 0 Å². The number of nitrogens with one attached hydrogen (secondary N) is 1. The second-order valence-electron chi connectivity index (χ2n) is 4.20. The van der Waals surface area contributed by atoms with Crippen molar-refractivity contribution in [3.05, 3.63) is 35.4 Å². The maximum absolute atomic E-state index is 5.49. The first-order valence-electron chi connectivity index (χ1n) is 6.01. The molecule has 0 aliphatic rings. The van der Waals surface area contributed by atoms with Crippen molar-refractivity contribution in [3.8, 4) is 12.3 Å². The minimum atomic E-state index is 0.209. The molecule has 0 heterocycles. The fourth-order valence-corrected chi connectivity index (χ4v) is 1.63. The Balaban J connectivity index is 2.38. The summed E-state index contributed by atoms with van der Waals surface area (Å²) < 4.78 is 0. The molecule has 0 bridgehead atoms.